The molecule has 0 unspecified atom stereocenters. The Morgan fingerprint density at radius 3 is 2.54 bits per heavy atom. The van der Waals surface area contributed by atoms with Crippen molar-refractivity contribution in [1.29, 1.82) is 0 Å². The fourth-order valence-corrected chi connectivity index (χ4v) is 1.44. The third kappa shape index (κ3) is 1.95. The molecule has 0 fully saturated rings. The van der Waals surface area contributed by atoms with Gasteiger partial charge in [0, 0.05) is 6.54 Å². The van der Waals surface area contributed by atoms with Crippen LogP contribution in [0.4, 0.5) is 4.39 Å². The number of nitrogens with one attached hydrogen (secondary N) is 1. The lowest BCUT2D eigenvalue weighted by Gasteiger charge is -2.13. The second kappa shape index (κ2) is 3.71. The van der Waals surface area contributed by atoms with Crippen molar-refractivity contribution in [2.24, 2.45) is 0 Å². The number of hydrogen-bond acceptors (Lipinski definition) is 1. The lowest BCUT2D eigenvalue weighted by molar-refractivity contribution is 0.627. The molecule has 0 spiro atoms. The number of halogens is 1. The molecule has 1 aromatic rings. The molecule has 0 saturated carbocycles. The van der Waals surface area contributed by atoms with E-state index in [9.17, 15) is 4.39 Å². The van der Waals surface area contributed by atoms with E-state index in [4.69, 9.17) is 0 Å². The van der Waals surface area contributed by atoms with Crippen molar-refractivity contribution in [2.45, 2.75) is 6.42 Å². The summed E-state index contributed by atoms with van der Waals surface area (Å²) in [5.41, 5.74) is 2.37. The van der Waals surface area contributed by atoms with E-state index < -0.39 is 0 Å². The highest BCUT2D eigenvalue weighted by atomic mass is 19.1. The maximum absolute atomic E-state index is 12.6. The molecule has 67 valence electrons. The molecular weight excluding hydrogens is 165 g/mol. The van der Waals surface area contributed by atoms with Gasteiger partial charge in [0.05, 0.1) is 0 Å². The number of rotatable bonds is 1. The average molecular weight is 176 g/mol. The van der Waals surface area contributed by atoms with Crippen molar-refractivity contribution < 1.29 is 4.39 Å². The van der Waals surface area contributed by atoms with Crippen LogP contribution in [0.3, 0.4) is 0 Å². The van der Waals surface area contributed by atoms with Gasteiger partial charge in [-0.15, -0.1) is 0 Å². The van der Waals surface area contributed by atoms with E-state index in [2.05, 4.69) is 5.32 Å². The molecule has 0 aliphatic carbocycles. The van der Waals surface area contributed by atoms with Crippen LogP contribution in [-0.4, -0.2) is 6.54 Å². The minimum Gasteiger partial charge on any atom is -0.309 e. The van der Waals surface area contributed by atoms with E-state index in [1.807, 2.05) is 24.8 Å². The van der Waals surface area contributed by atoms with Crippen LogP contribution in [0.1, 0.15) is 12.0 Å². The summed E-state index contributed by atoms with van der Waals surface area (Å²) < 4.78 is 12.6. The SMILES string of the molecule is Fc1ccc(C2=C[CH]NCC2)cc1. The summed E-state index contributed by atoms with van der Waals surface area (Å²) in [6, 6.07) is 6.64. The lowest BCUT2D eigenvalue weighted by atomic mass is 10.0. The van der Waals surface area contributed by atoms with Crippen molar-refractivity contribution in [1.82, 2.24) is 5.32 Å². The predicted molar refractivity (Wildman–Crippen MR) is 51.3 cm³/mol. The Hall–Kier alpha value is -1.15. The molecule has 1 nitrogen and oxygen atoms in total. The van der Waals surface area contributed by atoms with Crippen LogP contribution < -0.4 is 5.32 Å². The van der Waals surface area contributed by atoms with Crippen molar-refractivity contribution >= 4 is 5.57 Å². The Kier molecular flexibility index (Phi) is 2.41. The molecule has 0 saturated heterocycles. The molecule has 1 aliphatic rings. The van der Waals surface area contributed by atoms with E-state index in [0.717, 1.165) is 18.5 Å². The molecule has 1 aromatic carbocycles. The van der Waals surface area contributed by atoms with Crippen LogP contribution in [0.2, 0.25) is 0 Å². The summed E-state index contributed by atoms with van der Waals surface area (Å²) in [5.74, 6) is -0.178. The van der Waals surface area contributed by atoms with Gasteiger partial charge in [0.2, 0.25) is 0 Å². The zero-order valence-electron chi connectivity index (χ0n) is 7.26. The van der Waals surface area contributed by atoms with Gasteiger partial charge in [-0.1, -0.05) is 18.2 Å². The van der Waals surface area contributed by atoms with Crippen molar-refractivity contribution in [3.8, 4) is 0 Å². The summed E-state index contributed by atoms with van der Waals surface area (Å²) in [7, 11) is 0. The quantitative estimate of drug-likeness (QED) is 0.692. The van der Waals surface area contributed by atoms with Crippen LogP contribution in [-0.2, 0) is 0 Å². The summed E-state index contributed by atoms with van der Waals surface area (Å²) in [6.07, 6.45) is 3.04. The minimum absolute atomic E-state index is 0.178. The summed E-state index contributed by atoms with van der Waals surface area (Å²) >= 11 is 0. The molecule has 0 atom stereocenters. The van der Waals surface area contributed by atoms with Gasteiger partial charge in [-0.05, 0) is 36.2 Å². The van der Waals surface area contributed by atoms with E-state index >= 15 is 0 Å². The molecule has 0 amide bonds. The monoisotopic (exact) mass is 176 g/mol. The van der Waals surface area contributed by atoms with Crippen molar-refractivity contribution in [3.63, 3.8) is 0 Å². The molecule has 1 heterocycles. The molecule has 2 rings (SSSR count). The van der Waals surface area contributed by atoms with Gasteiger partial charge < -0.3 is 5.32 Å². The summed E-state index contributed by atoms with van der Waals surface area (Å²) in [4.78, 5) is 0. The third-order valence-corrected chi connectivity index (χ3v) is 2.16. The fourth-order valence-electron chi connectivity index (χ4n) is 1.44. The second-order valence-corrected chi connectivity index (χ2v) is 3.07. The van der Waals surface area contributed by atoms with E-state index in [1.165, 1.54) is 17.7 Å². The van der Waals surface area contributed by atoms with Gasteiger partial charge in [0.1, 0.15) is 5.82 Å². The second-order valence-electron chi connectivity index (χ2n) is 3.07. The normalized spacial score (nSPS) is 16.8. The first-order valence-electron chi connectivity index (χ1n) is 4.38. The molecule has 1 N–H and O–H groups in total. The Labute approximate surface area is 77.3 Å². The maximum Gasteiger partial charge on any atom is 0.123 e. The first-order chi connectivity index (χ1) is 6.36. The Morgan fingerprint density at radius 1 is 1.15 bits per heavy atom. The van der Waals surface area contributed by atoms with Crippen LogP contribution in [0.25, 0.3) is 5.57 Å². The lowest BCUT2D eigenvalue weighted by Crippen LogP contribution is -2.15. The predicted octanol–water partition coefficient (Wildman–Crippen LogP) is 2.36. The summed E-state index contributed by atoms with van der Waals surface area (Å²) in [6.45, 7) is 2.89. The Balaban J connectivity index is 2.24. The van der Waals surface area contributed by atoms with Crippen LogP contribution >= 0.6 is 0 Å². The third-order valence-electron chi connectivity index (χ3n) is 2.16. The standard InChI is InChI=1S/C11H11FN/c12-11-3-1-9(2-4-11)10-5-7-13-8-6-10/h1-5,7,13H,6,8H2. The first kappa shape index (κ1) is 8.45. The first-order valence-corrected chi connectivity index (χ1v) is 4.38. The van der Waals surface area contributed by atoms with Gasteiger partial charge >= 0.3 is 0 Å². The molecular formula is C11H11FN. The Morgan fingerprint density at radius 2 is 1.92 bits per heavy atom. The Bertz CT molecular complexity index is 313. The van der Waals surface area contributed by atoms with Gasteiger partial charge in [-0.2, -0.15) is 0 Å². The fraction of sp³-hybridized carbons (Fsp3) is 0.182. The van der Waals surface area contributed by atoms with Crippen LogP contribution in [0.5, 0.6) is 0 Å². The highest BCUT2D eigenvalue weighted by molar-refractivity contribution is 5.67. The van der Waals surface area contributed by atoms with Gasteiger partial charge in [-0.3, -0.25) is 0 Å². The van der Waals surface area contributed by atoms with Crippen LogP contribution in [0, 0.1) is 12.4 Å². The van der Waals surface area contributed by atoms with Crippen molar-refractivity contribution in [2.75, 3.05) is 6.54 Å². The van der Waals surface area contributed by atoms with E-state index in [-0.39, 0.29) is 5.82 Å². The molecule has 0 aromatic heterocycles. The van der Waals surface area contributed by atoms with Crippen LogP contribution in [0.15, 0.2) is 30.3 Å². The molecule has 1 radical (unpaired) electrons. The topological polar surface area (TPSA) is 12.0 Å². The summed E-state index contributed by atoms with van der Waals surface area (Å²) in [5, 5.41) is 3.12. The molecule has 1 aliphatic heterocycles. The van der Waals surface area contributed by atoms with E-state index in [0.29, 0.717) is 0 Å². The number of hydrogen-bond donors (Lipinski definition) is 1. The molecule has 0 bridgehead atoms. The average Bonchev–Trinajstić information content (AvgIpc) is 2.20. The zero-order valence-corrected chi connectivity index (χ0v) is 7.26. The van der Waals surface area contributed by atoms with Gasteiger partial charge in [0.25, 0.3) is 0 Å². The molecule has 13 heavy (non-hydrogen) atoms. The molecule has 2 heteroatoms. The minimum atomic E-state index is -0.178. The van der Waals surface area contributed by atoms with Crippen molar-refractivity contribution in [3.05, 3.63) is 48.3 Å². The number of benzene rings is 1. The van der Waals surface area contributed by atoms with Gasteiger partial charge in [0.15, 0.2) is 0 Å². The smallest absolute Gasteiger partial charge is 0.123 e. The zero-order chi connectivity index (χ0) is 9.10. The maximum atomic E-state index is 12.6. The van der Waals surface area contributed by atoms with Gasteiger partial charge in [-0.25, -0.2) is 4.39 Å². The largest absolute Gasteiger partial charge is 0.309 e. The highest BCUT2D eigenvalue weighted by Crippen LogP contribution is 2.20. The van der Waals surface area contributed by atoms with E-state index in [1.54, 1.807) is 0 Å². The highest BCUT2D eigenvalue weighted by Gasteiger charge is 2.05.